The molecule has 1 aliphatic rings. The molecule has 0 radical (unpaired) electrons. The molecule has 0 unspecified atom stereocenters. The maximum absolute atomic E-state index is 10.6. The number of carbonyl (C=O) groups excluding carboxylic acids is 1. The number of carboxylic acids is 1. The zero-order valence-corrected chi connectivity index (χ0v) is 15.9. The molecule has 0 saturated carbocycles. The molecule has 0 aromatic rings. The Balaban J connectivity index is 0.00000400. The monoisotopic (exact) mass is 304 g/mol. The summed E-state index contributed by atoms with van der Waals surface area (Å²) >= 11 is 0. The van der Waals surface area contributed by atoms with Crippen molar-refractivity contribution < 1.29 is 39.5 Å². The number of carbonyl (C=O) groups is 1. The van der Waals surface area contributed by atoms with E-state index in [1.54, 1.807) is 0 Å². The minimum absolute atomic E-state index is 0. The van der Waals surface area contributed by atoms with Crippen molar-refractivity contribution in [3.63, 3.8) is 0 Å². The Hall–Kier alpha value is -0.0600. The molecule has 116 valence electrons. The summed E-state index contributed by atoms with van der Waals surface area (Å²) in [6.45, 7) is 3.71. The third-order valence-corrected chi connectivity index (χ3v) is 3.85. The molecule has 21 heavy (non-hydrogen) atoms. The molecule has 4 nitrogen and oxygen atoms in total. The second-order valence-electron chi connectivity index (χ2n) is 5.67. The van der Waals surface area contributed by atoms with Crippen LogP contribution in [0.2, 0.25) is 0 Å². The predicted octanol–water partition coefficient (Wildman–Crippen LogP) is -0.625. The van der Waals surface area contributed by atoms with E-state index in [2.05, 4.69) is 11.9 Å². The molecule has 1 aliphatic heterocycles. The molecule has 0 bridgehead atoms. The summed E-state index contributed by atoms with van der Waals surface area (Å²) in [4.78, 5) is 16.9. The standard InChI is InChI=1S/C16H30N2O2.Na/c1-2-3-4-5-6-7-8-9-10-11-15-17-12-13-18(15)14-16(19)20;/h2-14H2,1H3,(H,19,20);/q;+1/p-1. The summed E-state index contributed by atoms with van der Waals surface area (Å²) in [6.07, 6.45) is 12.7. The van der Waals surface area contributed by atoms with Gasteiger partial charge in [0.2, 0.25) is 0 Å². The maximum atomic E-state index is 10.6. The van der Waals surface area contributed by atoms with E-state index in [1.807, 2.05) is 4.90 Å². The van der Waals surface area contributed by atoms with Crippen molar-refractivity contribution in [2.45, 2.75) is 71.1 Å². The molecule has 0 N–H and O–H groups in total. The first-order valence-electron chi connectivity index (χ1n) is 8.22. The molecule has 0 saturated heterocycles. The van der Waals surface area contributed by atoms with Crippen LogP contribution in [-0.4, -0.2) is 36.3 Å². The summed E-state index contributed by atoms with van der Waals surface area (Å²) in [5.41, 5.74) is 0. The van der Waals surface area contributed by atoms with Crippen molar-refractivity contribution in [1.82, 2.24) is 4.90 Å². The van der Waals surface area contributed by atoms with Gasteiger partial charge in [0.25, 0.3) is 0 Å². The van der Waals surface area contributed by atoms with E-state index < -0.39 is 5.97 Å². The SMILES string of the molecule is CCCCCCCCCCCC1=NCCN1CC(=O)[O-].[Na+]. The molecule has 0 atom stereocenters. The van der Waals surface area contributed by atoms with Crippen LogP contribution in [-0.2, 0) is 4.79 Å². The van der Waals surface area contributed by atoms with Crippen LogP contribution in [0.5, 0.6) is 0 Å². The first kappa shape index (κ1) is 20.9. The smallest absolute Gasteiger partial charge is 0.548 e. The van der Waals surface area contributed by atoms with E-state index in [4.69, 9.17) is 0 Å². The summed E-state index contributed by atoms with van der Waals surface area (Å²) < 4.78 is 0. The average molecular weight is 304 g/mol. The van der Waals surface area contributed by atoms with Gasteiger partial charge in [0.05, 0.1) is 24.9 Å². The largest absolute Gasteiger partial charge is 1.00 e. The van der Waals surface area contributed by atoms with Gasteiger partial charge in [-0.1, -0.05) is 58.3 Å². The number of amidine groups is 1. The first-order valence-corrected chi connectivity index (χ1v) is 8.22. The normalized spacial score (nSPS) is 14.0. The van der Waals surface area contributed by atoms with Crippen LogP contribution in [0.3, 0.4) is 0 Å². The number of hydrogen-bond acceptors (Lipinski definition) is 4. The van der Waals surface area contributed by atoms with E-state index in [9.17, 15) is 9.90 Å². The van der Waals surface area contributed by atoms with Crippen LogP contribution in [0.15, 0.2) is 4.99 Å². The average Bonchev–Trinajstić information content (AvgIpc) is 2.83. The van der Waals surface area contributed by atoms with Gasteiger partial charge in [-0.05, 0) is 6.42 Å². The molecule has 1 rings (SSSR count). The third kappa shape index (κ3) is 10.3. The molecule has 0 aliphatic carbocycles. The van der Waals surface area contributed by atoms with Gasteiger partial charge in [-0.3, -0.25) is 4.99 Å². The van der Waals surface area contributed by atoms with Gasteiger partial charge in [0, 0.05) is 13.0 Å². The van der Waals surface area contributed by atoms with Crippen LogP contribution in [0.4, 0.5) is 0 Å². The molecule has 5 heteroatoms. The third-order valence-electron chi connectivity index (χ3n) is 3.85. The van der Waals surface area contributed by atoms with Gasteiger partial charge in [0.1, 0.15) is 0 Å². The number of carboxylic acid groups (broad SMARTS) is 1. The fourth-order valence-corrected chi connectivity index (χ4v) is 2.69. The topological polar surface area (TPSA) is 55.7 Å². The van der Waals surface area contributed by atoms with Crippen molar-refractivity contribution >= 4 is 11.8 Å². The molecule has 0 spiro atoms. The van der Waals surface area contributed by atoms with Gasteiger partial charge in [-0.15, -0.1) is 0 Å². The first-order chi connectivity index (χ1) is 9.74. The number of aliphatic carboxylic acids is 1. The number of unbranched alkanes of at least 4 members (excludes halogenated alkanes) is 8. The zero-order valence-electron chi connectivity index (χ0n) is 13.9. The van der Waals surface area contributed by atoms with E-state index in [1.165, 1.54) is 51.4 Å². The van der Waals surface area contributed by atoms with Crippen LogP contribution in [0, 0.1) is 0 Å². The van der Waals surface area contributed by atoms with Crippen LogP contribution < -0.4 is 34.7 Å². The van der Waals surface area contributed by atoms with Crippen molar-refractivity contribution in [2.75, 3.05) is 19.6 Å². The van der Waals surface area contributed by atoms with Gasteiger partial charge in [-0.25, -0.2) is 0 Å². The zero-order chi connectivity index (χ0) is 14.6. The molecule has 1 heterocycles. The fraction of sp³-hybridized carbons (Fsp3) is 0.875. The summed E-state index contributed by atoms with van der Waals surface area (Å²) in [6, 6.07) is 0. The number of rotatable bonds is 12. The van der Waals surface area contributed by atoms with Gasteiger partial charge in [0.15, 0.2) is 0 Å². The van der Waals surface area contributed by atoms with Crippen molar-refractivity contribution in [3.8, 4) is 0 Å². The fourth-order valence-electron chi connectivity index (χ4n) is 2.69. The Morgan fingerprint density at radius 3 is 2.24 bits per heavy atom. The van der Waals surface area contributed by atoms with Gasteiger partial charge in [-0.2, -0.15) is 0 Å². The number of nitrogens with zero attached hydrogens (tertiary/aromatic N) is 2. The Morgan fingerprint density at radius 1 is 1.10 bits per heavy atom. The molecule has 0 aromatic heterocycles. The van der Waals surface area contributed by atoms with Gasteiger partial charge < -0.3 is 14.8 Å². The van der Waals surface area contributed by atoms with Gasteiger partial charge >= 0.3 is 29.6 Å². The Labute approximate surface area is 151 Å². The van der Waals surface area contributed by atoms with Crippen LogP contribution >= 0.6 is 0 Å². The summed E-state index contributed by atoms with van der Waals surface area (Å²) in [5, 5.41) is 10.6. The second-order valence-corrected chi connectivity index (χ2v) is 5.67. The van der Waals surface area contributed by atoms with Crippen molar-refractivity contribution in [2.24, 2.45) is 4.99 Å². The quantitative estimate of drug-likeness (QED) is 0.356. The molecule has 0 amide bonds. The van der Waals surface area contributed by atoms with Crippen LogP contribution in [0.25, 0.3) is 0 Å². The minimum atomic E-state index is -1.01. The molecular formula is C16H29N2NaO2. The van der Waals surface area contributed by atoms with Crippen molar-refractivity contribution in [1.29, 1.82) is 0 Å². The maximum Gasteiger partial charge on any atom is 1.00 e. The van der Waals surface area contributed by atoms with E-state index >= 15 is 0 Å². The predicted molar refractivity (Wildman–Crippen MR) is 80.7 cm³/mol. The summed E-state index contributed by atoms with van der Waals surface area (Å²) in [7, 11) is 0. The van der Waals surface area contributed by atoms with Crippen molar-refractivity contribution in [3.05, 3.63) is 0 Å². The Bertz CT molecular complexity index is 309. The molecular weight excluding hydrogens is 275 g/mol. The minimum Gasteiger partial charge on any atom is -0.548 e. The second kappa shape index (κ2) is 13.6. The van der Waals surface area contributed by atoms with E-state index in [-0.39, 0.29) is 36.1 Å². The molecule has 0 fully saturated rings. The summed E-state index contributed by atoms with van der Waals surface area (Å²) in [5.74, 6) is -0.0381. The van der Waals surface area contributed by atoms with E-state index in [0.717, 1.165) is 31.8 Å². The van der Waals surface area contributed by atoms with E-state index in [0.29, 0.717) is 0 Å². The number of hydrogen-bond donors (Lipinski definition) is 0. The Kier molecular flexibility index (Phi) is 13.6. The number of aliphatic imine (C=N–C) groups is 1. The Morgan fingerprint density at radius 2 is 1.67 bits per heavy atom. The van der Waals surface area contributed by atoms with Crippen LogP contribution in [0.1, 0.15) is 71.1 Å². The molecule has 0 aromatic carbocycles.